The van der Waals surface area contributed by atoms with Crippen LogP contribution in [-0.4, -0.2) is 46.4 Å². The van der Waals surface area contributed by atoms with Crippen LogP contribution in [-0.2, 0) is 11.2 Å². The van der Waals surface area contributed by atoms with E-state index in [-0.39, 0.29) is 31.0 Å². The lowest BCUT2D eigenvalue weighted by molar-refractivity contribution is -0.140. The van der Waals surface area contributed by atoms with E-state index in [4.69, 9.17) is 9.26 Å². The topological polar surface area (TPSA) is 95.8 Å². The zero-order valence-electron chi connectivity index (χ0n) is 14.9. The van der Waals surface area contributed by atoms with Crippen molar-refractivity contribution < 1.29 is 19.2 Å². The number of nitrogens with zero attached hydrogens (tertiary/aromatic N) is 1. The second kappa shape index (κ2) is 7.78. The molecule has 2 aromatic rings. The summed E-state index contributed by atoms with van der Waals surface area (Å²) < 4.78 is 10.8. The highest BCUT2D eigenvalue weighted by molar-refractivity contribution is 5.76. The number of hydrogen-bond acceptors (Lipinski definition) is 5. The fourth-order valence-corrected chi connectivity index (χ4v) is 3.21. The van der Waals surface area contributed by atoms with E-state index in [1.807, 2.05) is 31.2 Å². The van der Waals surface area contributed by atoms with E-state index in [1.54, 1.807) is 4.90 Å². The monoisotopic (exact) mass is 360 g/mol. The number of aliphatic hydroxyl groups is 1. The Kier molecular flexibility index (Phi) is 5.46. The molecule has 0 bridgehead atoms. The Morgan fingerprint density at radius 3 is 2.96 bits per heavy atom. The molecule has 7 nitrogen and oxygen atoms in total. The van der Waals surface area contributed by atoms with Crippen molar-refractivity contribution >= 4 is 5.91 Å². The molecular formula is C19H24N2O5. The number of piperidine rings is 1. The fourth-order valence-electron chi connectivity index (χ4n) is 3.21. The summed E-state index contributed by atoms with van der Waals surface area (Å²) in [4.78, 5) is 25.1. The molecule has 3 rings (SSSR count). The largest absolute Gasteiger partial charge is 0.490 e. The average molecular weight is 360 g/mol. The van der Waals surface area contributed by atoms with Crippen LogP contribution in [0.5, 0.6) is 5.75 Å². The van der Waals surface area contributed by atoms with Crippen molar-refractivity contribution in [3.8, 4) is 5.75 Å². The quantitative estimate of drug-likeness (QED) is 0.816. The first-order valence-corrected chi connectivity index (χ1v) is 8.81. The Bertz CT molecular complexity index is 812. The zero-order chi connectivity index (χ0) is 18.6. The van der Waals surface area contributed by atoms with Gasteiger partial charge < -0.3 is 19.3 Å². The zero-order valence-corrected chi connectivity index (χ0v) is 14.9. The maximum atomic E-state index is 12.4. The van der Waals surface area contributed by atoms with Gasteiger partial charge in [-0.1, -0.05) is 18.2 Å². The Labute approximate surface area is 151 Å². The molecule has 1 amide bonds. The number of ether oxygens (including phenoxy) is 1. The van der Waals surface area contributed by atoms with Crippen molar-refractivity contribution in [2.75, 3.05) is 19.7 Å². The predicted molar refractivity (Wildman–Crippen MR) is 95.1 cm³/mol. The van der Waals surface area contributed by atoms with Gasteiger partial charge in [0.05, 0.1) is 6.54 Å². The molecule has 0 spiro atoms. The SMILES string of the molecule is Cc1ccccc1OC[C@@]1(O)CCCN(C(=O)CCc2cc(=O)[nH]o2)C1. The highest BCUT2D eigenvalue weighted by Gasteiger charge is 2.36. The number of hydrogen-bond donors (Lipinski definition) is 2. The van der Waals surface area contributed by atoms with Gasteiger partial charge >= 0.3 is 0 Å². The third-order valence-electron chi connectivity index (χ3n) is 4.66. The van der Waals surface area contributed by atoms with Gasteiger partial charge in [0.2, 0.25) is 5.91 Å². The molecule has 1 aromatic heterocycles. The lowest BCUT2D eigenvalue weighted by Gasteiger charge is -2.39. The number of aryl methyl sites for hydroxylation is 2. The van der Waals surface area contributed by atoms with E-state index < -0.39 is 5.60 Å². The number of rotatable bonds is 6. The van der Waals surface area contributed by atoms with E-state index in [0.717, 1.165) is 17.7 Å². The van der Waals surface area contributed by atoms with Crippen LogP contribution < -0.4 is 10.3 Å². The minimum atomic E-state index is -1.06. The number of carbonyl (C=O) groups is 1. The summed E-state index contributed by atoms with van der Waals surface area (Å²) in [5, 5.41) is 13.1. The minimum absolute atomic E-state index is 0.0668. The van der Waals surface area contributed by atoms with Crippen molar-refractivity contribution in [2.45, 2.75) is 38.2 Å². The summed E-state index contributed by atoms with van der Waals surface area (Å²) >= 11 is 0. The number of amides is 1. The smallest absolute Gasteiger partial charge is 0.280 e. The molecule has 140 valence electrons. The fraction of sp³-hybridized carbons (Fsp3) is 0.474. The van der Waals surface area contributed by atoms with Crippen LogP contribution in [0.2, 0.25) is 0 Å². The number of nitrogens with one attached hydrogen (secondary N) is 1. The summed E-state index contributed by atoms with van der Waals surface area (Å²) in [5.41, 5.74) is -0.363. The minimum Gasteiger partial charge on any atom is -0.490 e. The number of β-amino-alcohol motifs (C(OH)–C–C–N with tert-alkyl or cyclic N) is 1. The number of benzene rings is 1. The summed E-state index contributed by atoms with van der Waals surface area (Å²) in [6.45, 7) is 2.96. The summed E-state index contributed by atoms with van der Waals surface area (Å²) in [6.07, 6.45) is 1.90. The molecule has 1 fully saturated rings. The number of H-pyrrole nitrogens is 1. The van der Waals surface area contributed by atoms with E-state index >= 15 is 0 Å². The van der Waals surface area contributed by atoms with Gasteiger partial charge in [-0.25, -0.2) is 0 Å². The molecule has 0 aliphatic carbocycles. The standard InChI is InChI=1S/C19H24N2O5/c1-14-5-2-3-6-16(14)25-13-19(24)9-4-10-21(12-19)18(23)8-7-15-11-17(22)20-26-15/h2-3,5-6,11,24H,4,7-10,12-13H2,1H3,(H,20,22)/t19-/m1/s1. The van der Waals surface area contributed by atoms with Gasteiger partial charge in [-0.3, -0.25) is 9.59 Å². The van der Waals surface area contributed by atoms with Gasteiger partial charge in [0.15, 0.2) is 0 Å². The van der Waals surface area contributed by atoms with Crippen LogP contribution >= 0.6 is 0 Å². The third-order valence-corrected chi connectivity index (χ3v) is 4.66. The molecule has 2 heterocycles. The normalized spacial score (nSPS) is 20.2. The average Bonchev–Trinajstić information content (AvgIpc) is 3.04. The number of likely N-dealkylation sites (tertiary alicyclic amines) is 1. The second-order valence-corrected chi connectivity index (χ2v) is 6.88. The first kappa shape index (κ1) is 18.3. The van der Waals surface area contributed by atoms with Gasteiger partial charge in [0.25, 0.3) is 5.56 Å². The lowest BCUT2D eigenvalue weighted by Crippen LogP contribution is -2.53. The van der Waals surface area contributed by atoms with Crippen molar-refractivity contribution in [3.05, 3.63) is 52.0 Å². The molecule has 1 aromatic carbocycles. The van der Waals surface area contributed by atoms with E-state index in [1.165, 1.54) is 6.07 Å². The molecule has 0 unspecified atom stereocenters. The molecule has 7 heteroatoms. The summed E-state index contributed by atoms with van der Waals surface area (Å²) in [5.74, 6) is 1.13. The van der Waals surface area contributed by atoms with Crippen LogP contribution in [0.3, 0.4) is 0 Å². The van der Waals surface area contributed by atoms with Gasteiger partial charge in [0.1, 0.15) is 23.7 Å². The van der Waals surface area contributed by atoms with E-state index in [0.29, 0.717) is 25.1 Å². The van der Waals surface area contributed by atoms with Crippen LogP contribution in [0.1, 0.15) is 30.6 Å². The van der Waals surface area contributed by atoms with Crippen molar-refractivity contribution in [1.29, 1.82) is 0 Å². The molecule has 0 radical (unpaired) electrons. The van der Waals surface area contributed by atoms with Crippen LogP contribution in [0, 0.1) is 6.92 Å². The second-order valence-electron chi connectivity index (χ2n) is 6.88. The van der Waals surface area contributed by atoms with E-state index in [2.05, 4.69) is 5.16 Å². The number of aromatic nitrogens is 1. The molecule has 1 atom stereocenters. The molecule has 26 heavy (non-hydrogen) atoms. The number of carbonyl (C=O) groups excluding carboxylic acids is 1. The molecule has 1 saturated heterocycles. The van der Waals surface area contributed by atoms with Gasteiger partial charge in [-0.15, -0.1) is 0 Å². The number of para-hydroxylation sites is 1. The Morgan fingerprint density at radius 2 is 2.23 bits per heavy atom. The number of aromatic amines is 1. The first-order valence-electron chi connectivity index (χ1n) is 8.81. The summed E-state index contributed by atoms with van der Waals surface area (Å²) in [6, 6.07) is 8.99. The van der Waals surface area contributed by atoms with Gasteiger partial charge in [0, 0.05) is 25.5 Å². The van der Waals surface area contributed by atoms with Crippen molar-refractivity contribution in [3.63, 3.8) is 0 Å². The lowest BCUT2D eigenvalue weighted by atomic mass is 9.93. The van der Waals surface area contributed by atoms with E-state index in [9.17, 15) is 14.7 Å². The van der Waals surface area contributed by atoms with Gasteiger partial charge in [-0.05, 0) is 31.4 Å². The molecule has 1 aliphatic heterocycles. The summed E-state index contributed by atoms with van der Waals surface area (Å²) in [7, 11) is 0. The first-order chi connectivity index (χ1) is 12.5. The Hall–Kier alpha value is -2.54. The van der Waals surface area contributed by atoms with Gasteiger partial charge in [-0.2, -0.15) is 5.16 Å². The van der Waals surface area contributed by atoms with Crippen molar-refractivity contribution in [1.82, 2.24) is 10.1 Å². The molecule has 2 N–H and O–H groups in total. The maximum Gasteiger partial charge on any atom is 0.280 e. The molecule has 0 saturated carbocycles. The highest BCUT2D eigenvalue weighted by Crippen LogP contribution is 2.25. The molecule has 1 aliphatic rings. The Morgan fingerprint density at radius 1 is 1.42 bits per heavy atom. The van der Waals surface area contributed by atoms with Crippen molar-refractivity contribution in [2.24, 2.45) is 0 Å². The highest BCUT2D eigenvalue weighted by atomic mass is 16.5. The Balaban J connectivity index is 1.54. The third kappa shape index (κ3) is 4.54. The maximum absolute atomic E-state index is 12.4. The van der Waals surface area contributed by atoms with Crippen LogP contribution in [0.25, 0.3) is 0 Å². The molecular weight excluding hydrogens is 336 g/mol. The van der Waals surface area contributed by atoms with Crippen LogP contribution in [0.15, 0.2) is 39.6 Å². The predicted octanol–water partition coefficient (Wildman–Crippen LogP) is 1.64. The van der Waals surface area contributed by atoms with Crippen LogP contribution in [0.4, 0.5) is 0 Å².